The summed E-state index contributed by atoms with van der Waals surface area (Å²) in [5, 5.41) is 0. The van der Waals surface area contributed by atoms with Gasteiger partial charge in [-0.25, -0.2) is 4.79 Å². The molecule has 1 heterocycles. The summed E-state index contributed by atoms with van der Waals surface area (Å²) >= 11 is 0. The molecule has 1 fully saturated rings. The Kier molecular flexibility index (Phi) is 6.26. The van der Waals surface area contributed by atoms with Gasteiger partial charge in [0.1, 0.15) is 18.2 Å². The molecule has 0 aliphatic carbocycles. The first-order chi connectivity index (χ1) is 10.5. The van der Waals surface area contributed by atoms with Crippen LogP contribution in [-0.2, 0) is 14.3 Å². The Morgan fingerprint density at radius 3 is 2.22 bits per heavy atom. The molecule has 0 spiro atoms. The second-order valence-corrected chi connectivity index (χ2v) is 6.33. The van der Waals surface area contributed by atoms with Gasteiger partial charge in [0, 0.05) is 26.7 Å². The summed E-state index contributed by atoms with van der Waals surface area (Å²) < 4.78 is 49.4. The van der Waals surface area contributed by atoms with Crippen LogP contribution in [0.3, 0.4) is 0 Å². The summed E-state index contributed by atoms with van der Waals surface area (Å²) in [7, 11) is 1.24. The molecule has 0 aromatic carbocycles. The first-order valence-corrected chi connectivity index (χ1v) is 7.28. The van der Waals surface area contributed by atoms with E-state index < -0.39 is 42.8 Å². The van der Waals surface area contributed by atoms with E-state index >= 15 is 0 Å². The Morgan fingerprint density at radius 1 is 1.13 bits per heavy atom. The second kappa shape index (κ2) is 7.37. The van der Waals surface area contributed by atoms with Gasteiger partial charge in [-0.1, -0.05) is 0 Å². The van der Waals surface area contributed by atoms with Crippen molar-refractivity contribution in [2.24, 2.45) is 0 Å². The van der Waals surface area contributed by atoms with E-state index in [4.69, 9.17) is 4.74 Å². The Labute approximate surface area is 133 Å². The van der Waals surface area contributed by atoms with Gasteiger partial charge >= 0.3 is 12.3 Å². The number of ether oxygens (including phenoxy) is 2. The van der Waals surface area contributed by atoms with E-state index in [-0.39, 0.29) is 19.6 Å². The van der Waals surface area contributed by atoms with Crippen molar-refractivity contribution in [3.8, 4) is 0 Å². The molecule has 6 nitrogen and oxygen atoms in total. The zero-order valence-corrected chi connectivity index (χ0v) is 13.8. The lowest BCUT2D eigenvalue weighted by Gasteiger charge is -2.30. The standard InChI is InChI=1S/C14H23F3N2O4/c1-13(2,3)23-12(21)18-6-5-10(14(15,16)17)19(8-7-18)11(20)9-22-4/h10H,5-9H2,1-4H3. The third-order valence-electron chi connectivity index (χ3n) is 3.28. The van der Waals surface area contributed by atoms with Gasteiger partial charge in [0.25, 0.3) is 0 Å². The van der Waals surface area contributed by atoms with Gasteiger partial charge in [0.2, 0.25) is 5.91 Å². The maximum atomic E-state index is 13.2. The number of carbonyl (C=O) groups is 2. The van der Waals surface area contributed by atoms with E-state index in [1.807, 2.05) is 0 Å². The number of hydrogen-bond donors (Lipinski definition) is 0. The average Bonchev–Trinajstić information content (AvgIpc) is 2.58. The molecule has 134 valence electrons. The SMILES string of the molecule is COCC(=O)N1CCN(C(=O)OC(C)(C)C)CCC1C(F)(F)F. The maximum Gasteiger partial charge on any atom is 0.410 e. The fourth-order valence-electron chi connectivity index (χ4n) is 2.28. The number of amides is 2. The number of nitrogens with zero attached hydrogens (tertiary/aromatic N) is 2. The zero-order valence-electron chi connectivity index (χ0n) is 13.8. The molecule has 9 heteroatoms. The fourth-order valence-corrected chi connectivity index (χ4v) is 2.28. The summed E-state index contributed by atoms with van der Waals surface area (Å²) in [5.74, 6) is -0.749. The van der Waals surface area contributed by atoms with Crippen LogP contribution in [0.2, 0.25) is 0 Å². The highest BCUT2D eigenvalue weighted by Gasteiger charge is 2.46. The van der Waals surface area contributed by atoms with Gasteiger partial charge in [-0.05, 0) is 27.2 Å². The van der Waals surface area contributed by atoms with Crippen LogP contribution in [0.4, 0.5) is 18.0 Å². The van der Waals surface area contributed by atoms with Crippen molar-refractivity contribution < 1.29 is 32.2 Å². The van der Waals surface area contributed by atoms with E-state index in [0.29, 0.717) is 0 Å². The molecule has 1 saturated heterocycles. The van der Waals surface area contributed by atoms with Crippen LogP contribution < -0.4 is 0 Å². The van der Waals surface area contributed by atoms with Gasteiger partial charge < -0.3 is 19.3 Å². The van der Waals surface area contributed by atoms with Crippen molar-refractivity contribution in [3.63, 3.8) is 0 Å². The molecule has 0 aromatic rings. The van der Waals surface area contributed by atoms with Crippen LogP contribution in [0.15, 0.2) is 0 Å². The average molecular weight is 340 g/mol. The van der Waals surface area contributed by atoms with Crippen molar-refractivity contribution in [2.75, 3.05) is 33.4 Å². The number of halogens is 3. The minimum Gasteiger partial charge on any atom is -0.444 e. The van der Waals surface area contributed by atoms with Crippen molar-refractivity contribution in [2.45, 2.75) is 45.0 Å². The summed E-state index contributed by atoms with van der Waals surface area (Å²) in [6.07, 6.45) is -5.63. The predicted molar refractivity (Wildman–Crippen MR) is 75.9 cm³/mol. The summed E-state index contributed by atoms with van der Waals surface area (Å²) in [6.45, 7) is 4.23. The Balaban J connectivity index is 2.87. The lowest BCUT2D eigenvalue weighted by molar-refractivity contribution is -0.190. The largest absolute Gasteiger partial charge is 0.444 e. The predicted octanol–water partition coefficient (Wildman–Crippen LogP) is 2.03. The monoisotopic (exact) mass is 340 g/mol. The molecule has 0 saturated carbocycles. The normalized spacial score (nSPS) is 20.2. The van der Waals surface area contributed by atoms with E-state index in [9.17, 15) is 22.8 Å². The van der Waals surface area contributed by atoms with Crippen LogP contribution in [-0.4, -0.2) is 73.0 Å². The van der Waals surface area contributed by atoms with Gasteiger partial charge in [-0.15, -0.1) is 0 Å². The molecular weight excluding hydrogens is 317 g/mol. The van der Waals surface area contributed by atoms with Gasteiger partial charge in [-0.2, -0.15) is 13.2 Å². The van der Waals surface area contributed by atoms with Gasteiger partial charge in [-0.3, -0.25) is 4.79 Å². The lowest BCUT2D eigenvalue weighted by Crippen LogP contribution is -2.50. The highest BCUT2D eigenvalue weighted by atomic mass is 19.4. The van der Waals surface area contributed by atoms with E-state index in [1.165, 1.54) is 12.0 Å². The molecule has 0 radical (unpaired) electrons. The molecule has 0 N–H and O–H groups in total. The van der Waals surface area contributed by atoms with Crippen molar-refractivity contribution in [1.29, 1.82) is 0 Å². The van der Waals surface area contributed by atoms with Crippen molar-refractivity contribution in [1.82, 2.24) is 9.80 Å². The highest BCUT2D eigenvalue weighted by Crippen LogP contribution is 2.29. The fraction of sp³-hybridized carbons (Fsp3) is 0.857. The van der Waals surface area contributed by atoms with Gasteiger partial charge in [0.05, 0.1) is 0 Å². The van der Waals surface area contributed by atoms with E-state index in [0.717, 1.165) is 4.90 Å². The van der Waals surface area contributed by atoms with Crippen molar-refractivity contribution in [3.05, 3.63) is 0 Å². The number of alkyl halides is 3. The number of hydrogen-bond acceptors (Lipinski definition) is 4. The number of rotatable bonds is 2. The third-order valence-corrected chi connectivity index (χ3v) is 3.28. The highest BCUT2D eigenvalue weighted by molar-refractivity contribution is 5.78. The molecule has 1 unspecified atom stereocenters. The van der Waals surface area contributed by atoms with Crippen LogP contribution in [0, 0.1) is 0 Å². The Morgan fingerprint density at radius 2 is 1.74 bits per heavy atom. The first-order valence-electron chi connectivity index (χ1n) is 7.28. The van der Waals surface area contributed by atoms with Crippen LogP contribution in [0.5, 0.6) is 0 Å². The Bertz CT molecular complexity index is 435. The summed E-state index contributed by atoms with van der Waals surface area (Å²) in [5.41, 5.74) is -0.738. The number of methoxy groups -OCH3 is 1. The number of carbonyl (C=O) groups excluding carboxylic acids is 2. The Hall–Kier alpha value is -1.51. The van der Waals surface area contributed by atoms with Crippen LogP contribution in [0.1, 0.15) is 27.2 Å². The first kappa shape index (κ1) is 19.5. The molecule has 2 amide bonds. The maximum absolute atomic E-state index is 13.2. The smallest absolute Gasteiger partial charge is 0.410 e. The van der Waals surface area contributed by atoms with E-state index in [1.54, 1.807) is 20.8 Å². The third kappa shape index (κ3) is 5.89. The second-order valence-electron chi connectivity index (χ2n) is 6.33. The zero-order chi connectivity index (χ0) is 17.8. The molecule has 1 aliphatic rings. The summed E-state index contributed by atoms with van der Waals surface area (Å²) in [4.78, 5) is 25.8. The molecule has 1 atom stereocenters. The van der Waals surface area contributed by atoms with Crippen LogP contribution >= 0.6 is 0 Å². The molecule has 0 bridgehead atoms. The minimum atomic E-state index is -4.56. The van der Waals surface area contributed by atoms with Crippen molar-refractivity contribution >= 4 is 12.0 Å². The van der Waals surface area contributed by atoms with Crippen LogP contribution in [0.25, 0.3) is 0 Å². The van der Waals surface area contributed by atoms with E-state index in [2.05, 4.69) is 4.74 Å². The topological polar surface area (TPSA) is 59.1 Å². The van der Waals surface area contributed by atoms with Gasteiger partial charge in [0.15, 0.2) is 0 Å². The molecular formula is C14H23F3N2O4. The lowest BCUT2D eigenvalue weighted by atomic mass is 10.1. The quantitative estimate of drug-likeness (QED) is 0.772. The molecule has 1 aliphatic heterocycles. The minimum absolute atomic E-state index is 0.0169. The molecule has 1 rings (SSSR count). The molecule has 23 heavy (non-hydrogen) atoms. The molecule has 0 aromatic heterocycles. The summed E-state index contributed by atoms with van der Waals surface area (Å²) in [6, 6.07) is -1.93.